The number of carbonyl (C=O) groups is 2. The Morgan fingerprint density at radius 3 is 2.70 bits per heavy atom. The lowest BCUT2D eigenvalue weighted by Gasteiger charge is -2.26. The maximum atomic E-state index is 13.5. The quantitative estimate of drug-likeness (QED) is 0.154. The molecule has 0 bridgehead atoms. The minimum absolute atomic E-state index is 0.0305. The average Bonchev–Trinajstić information content (AvgIpc) is 3.45. The number of carbonyl (C=O) groups excluding carboxylic acids is 2. The smallest absolute Gasteiger partial charge is 0.295 e. The highest BCUT2D eigenvalue weighted by Crippen LogP contribution is 2.43. The Hall–Kier alpha value is -4.33. The van der Waals surface area contributed by atoms with Gasteiger partial charge in [0.15, 0.2) is 11.5 Å². The van der Waals surface area contributed by atoms with Crippen molar-refractivity contribution >= 4 is 17.4 Å². The highest BCUT2D eigenvalue weighted by molar-refractivity contribution is 6.46. The molecule has 3 aromatic rings. The molecule has 1 aromatic heterocycles. The van der Waals surface area contributed by atoms with Crippen LogP contribution in [0.1, 0.15) is 61.9 Å². The van der Waals surface area contributed by atoms with Crippen LogP contribution in [-0.4, -0.2) is 46.0 Å². The van der Waals surface area contributed by atoms with E-state index in [1.165, 1.54) is 4.90 Å². The number of pyridine rings is 1. The van der Waals surface area contributed by atoms with Gasteiger partial charge in [-0.3, -0.25) is 14.6 Å². The topological polar surface area (TPSA) is 98.2 Å². The van der Waals surface area contributed by atoms with Crippen LogP contribution in [0.15, 0.2) is 66.5 Å². The maximum absolute atomic E-state index is 13.5. The first-order valence-corrected chi connectivity index (χ1v) is 13.8. The number of amides is 1. The Bertz CT molecular complexity index is 1430. The highest BCUT2D eigenvalue weighted by Gasteiger charge is 2.46. The van der Waals surface area contributed by atoms with Gasteiger partial charge in [-0.2, -0.15) is 0 Å². The molecule has 208 valence electrons. The molecule has 2 aromatic carbocycles. The summed E-state index contributed by atoms with van der Waals surface area (Å²) >= 11 is 0. The number of hydrogen-bond donors (Lipinski definition) is 1. The number of aromatic nitrogens is 1. The molecule has 5 rings (SSSR count). The number of fused-ring (bicyclic) bond motifs is 1. The second-order valence-corrected chi connectivity index (χ2v) is 10.1. The van der Waals surface area contributed by atoms with Gasteiger partial charge < -0.3 is 24.2 Å². The molecular weight excluding hydrogens is 508 g/mol. The van der Waals surface area contributed by atoms with Crippen LogP contribution in [0.4, 0.5) is 0 Å². The Kier molecular flexibility index (Phi) is 8.05. The van der Waals surface area contributed by atoms with Gasteiger partial charge in [-0.1, -0.05) is 25.5 Å². The molecule has 1 fully saturated rings. The van der Waals surface area contributed by atoms with Gasteiger partial charge in [0.25, 0.3) is 11.7 Å². The number of rotatable bonds is 10. The molecule has 2 aliphatic heterocycles. The van der Waals surface area contributed by atoms with Gasteiger partial charge in [-0.25, -0.2) is 0 Å². The number of aliphatic hydroxyl groups excluding tert-OH is 1. The third kappa shape index (κ3) is 5.39. The van der Waals surface area contributed by atoms with Crippen LogP contribution >= 0.6 is 0 Å². The second kappa shape index (κ2) is 11.8. The number of ether oxygens (including phenoxy) is 3. The van der Waals surface area contributed by atoms with Gasteiger partial charge >= 0.3 is 0 Å². The lowest BCUT2D eigenvalue weighted by atomic mass is 9.94. The molecule has 1 N–H and O–H groups in total. The molecular formula is C32H34N2O6. The number of hydrogen-bond acceptors (Lipinski definition) is 7. The molecule has 8 nitrogen and oxygen atoms in total. The Balaban J connectivity index is 1.61. The highest BCUT2D eigenvalue weighted by atomic mass is 16.5. The average molecular weight is 543 g/mol. The summed E-state index contributed by atoms with van der Waals surface area (Å²) in [6.45, 7) is 7.07. The van der Waals surface area contributed by atoms with E-state index in [1.54, 1.807) is 42.7 Å². The molecule has 2 atom stereocenters. The summed E-state index contributed by atoms with van der Waals surface area (Å²) in [7, 11) is 0. The number of ketones is 1. The molecule has 0 aliphatic carbocycles. The molecule has 8 heteroatoms. The van der Waals surface area contributed by atoms with Crippen LogP contribution in [0, 0.1) is 0 Å². The van der Waals surface area contributed by atoms with Crippen molar-refractivity contribution in [3.8, 4) is 17.2 Å². The second-order valence-electron chi connectivity index (χ2n) is 10.1. The zero-order valence-electron chi connectivity index (χ0n) is 23.1. The zero-order chi connectivity index (χ0) is 28.2. The van der Waals surface area contributed by atoms with Crippen LogP contribution < -0.4 is 14.2 Å². The van der Waals surface area contributed by atoms with Crippen molar-refractivity contribution in [2.24, 2.45) is 0 Å². The van der Waals surface area contributed by atoms with E-state index in [2.05, 4.69) is 11.9 Å². The minimum Gasteiger partial charge on any atom is -0.507 e. The molecule has 2 aliphatic rings. The van der Waals surface area contributed by atoms with Crippen molar-refractivity contribution in [1.29, 1.82) is 0 Å². The molecule has 0 radical (unpaired) electrons. The molecule has 1 saturated heterocycles. The lowest BCUT2D eigenvalue weighted by Crippen LogP contribution is -2.29. The van der Waals surface area contributed by atoms with E-state index in [4.69, 9.17) is 14.2 Å². The van der Waals surface area contributed by atoms with Gasteiger partial charge in [0.1, 0.15) is 17.6 Å². The Labute approximate surface area is 234 Å². The van der Waals surface area contributed by atoms with Crippen molar-refractivity contribution in [1.82, 2.24) is 9.88 Å². The van der Waals surface area contributed by atoms with Gasteiger partial charge in [0, 0.05) is 30.9 Å². The van der Waals surface area contributed by atoms with E-state index in [0.29, 0.717) is 42.3 Å². The SMILES string of the molecule is CCCCOc1ccc([C@@H]2C(=C(O)c3ccc4c(c3)C[C@H](C)O4)C(=O)C(=O)N2Cc2cccnc2)cc1OCC. The third-order valence-corrected chi connectivity index (χ3v) is 7.12. The predicted octanol–water partition coefficient (Wildman–Crippen LogP) is 5.60. The van der Waals surface area contributed by atoms with E-state index in [-0.39, 0.29) is 24.0 Å². The van der Waals surface area contributed by atoms with Gasteiger partial charge in [-0.15, -0.1) is 0 Å². The van der Waals surface area contributed by atoms with Crippen molar-refractivity contribution in [3.63, 3.8) is 0 Å². The normalized spacial score (nSPS) is 19.4. The summed E-state index contributed by atoms with van der Waals surface area (Å²) in [5, 5.41) is 11.6. The van der Waals surface area contributed by atoms with E-state index >= 15 is 0 Å². The van der Waals surface area contributed by atoms with Gasteiger partial charge in [0.2, 0.25) is 0 Å². The standard InChI is InChI=1S/C32H34N2O6/c1-4-6-14-39-26-12-9-22(17-27(26)38-5-2)29-28(30(35)23-10-11-25-24(16-23)15-20(3)40-25)31(36)32(37)34(29)19-21-8-7-13-33-18-21/h7-13,16-18,20,29,35H,4-6,14-15,19H2,1-3H3/t20-,29+/m0/s1. The monoisotopic (exact) mass is 542 g/mol. The summed E-state index contributed by atoms with van der Waals surface area (Å²) in [4.78, 5) is 32.6. The van der Waals surface area contributed by atoms with Gasteiger partial charge in [0.05, 0.1) is 24.8 Å². The van der Waals surface area contributed by atoms with E-state index in [1.807, 2.05) is 32.0 Å². The fourth-order valence-corrected chi connectivity index (χ4v) is 5.21. The van der Waals surface area contributed by atoms with Crippen LogP contribution in [0.3, 0.4) is 0 Å². The van der Waals surface area contributed by atoms with Crippen LogP contribution in [0.5, 0.6) is 17.2 Å². The first kappa shape index (κ1) is 27.2. The number of benzene rings is 2. The predicted molar refractivity (Wildman–Crippen MR) is 150 cm³/mol. The molecule has 0 spiro atoms. The minimum atomic E-state index is -0.840. The summed E-state index contributed by atoms with van der Waals surface area (Å²) in [5.74, 6) is 0.230. The van der Waals surface area contributed by atoms with Crippen LogP contribution in [0.2, 0.25) is 0 Å². The van der Waals surface area contributed by atoms with Crippen LogP contribution in [-0.2, 0) is 22.6 Å². The number of Topliss-reactive ketones (excluding diaryl/α,β-unsaturated/α-hetero) is 1. The molecule has 1 amide bonds. The summed E-state index contributed by atoms with van der Waals surface area (Å²) in [5.41, 5.74) is 2.84. The van der Waals surface area contributed by atoms with E-state index in [9.17, 15) is 14.7 Å². The first-order chi connectivity index (χ1) is 19.4. The van der Waals surface area contributed by atoms with E-state index in [0.717, 1.165) is 29.7 Å². The molecule has 0 unspecified atom stereocenters. The largest absolute Gasteiger partial charge is 0.507 e. The number of aliphatic hydroxyl groups is 1. The Morgan fingerprint density at radius 1 is 1.10 bits per heavy atom. The third-order valence-electron chi connectivity index (χ3n) is 7.12. The van der Waals surface area contributed by atoms with Crippen molar-refractivity contribution < 1.29 is 28.9 Å². The first-order valence-electron chi connectivity index (χ1n) is 13.8. The van der Waals surface area contributed by atoms with E-state index < -0.39 is 17.7 Å². The summed E-state index contributed by atoms with van der Waals surface area (Å²) in [6, 6.07) is 13.5. The molecule has 40 heavy (non-hydrogen) atoms. The van der Waals surface area contributed by atoms with Crippen molar-refractivity contribution in [2.75, 3.05) is 13.2 Å². The number of nitrogens with zero attached hydrogens (tertiary/aromatic N) is 2. The van der Waals surface area contributed by atoms with Gasteiger partial charge in [-0.05, 0) is 73.4 Å². The summed E-state index contributed by atoms with van der Waals surface area (Å²) < 4.78 is 17.7. The fraction of sp³-hybridized carbons (Fsp3) is 0.344. The zero-order valence-corrected chi connectivity index (χ0v) is 23.1. The van der Waals surface area contributed by atoms with Crippen LogP contribution in [0.25, 0.3) is 5.76 Å². The molecule has 0 saturated carbocycles. The maximum Gasteiger partial charge on any atom is 0.295 e. The molecule has 3 heterocycles. The van der Waals surface area contributed by atoms with Crippen molar-refractivity contribution in [3.05, 3.63) is 88.8 Å². The Morgan fingerprint density at radius 2 is 1.95 bits per heavy atom. The number of likely N-dealkylation sites (tertiary alicyclic amines) is 1. The fourth-order valence-electron chi connectivity index (χ4n) is 5.21. The van der Waals surface area contributed by atoms with Crippen molar-refractivity contribution in [2.45, 2.75) is 58.7 Å². The lowest BCUT2D eigenvalue weighted by molar-refractivity contribution is -0.140. The summed E-state index contributed by atoms with van der Waals surface area (Å²) in [6.07, 6.45) is 5.95. The number of unbranched alkanes of at least 4 members (excludes halogenated alkanes) is 1.